The Labute approximate surface area is 116 Å². The minimum absolute atomic E-state index is 0.0393. The molecule has 2 rings (SSSR count). The van der Waals surface area contributed by atoms with E-state index in [9.17, 15) is 0 Å². The summed E-state index contributed by atoms with van der Waals surface area (Å²) in [6.45, 7) is 5.87. The van der Waals surface area contributed by atoms with E-state index in [0.717, 1.165) is 21.4 Å². The molecule has 6 heteroatoms. The average molecular weight is 275 g/mol. The number of hydrogen-bond donors (Lipinski definition) is 2. The molecule has 3 N–H and O–H groups in total. The van der Waals surface area contributed by atoms with Crippen LogP contribution in [0.4, 0.5) is 0 Å². The summed E-state index contributed by atoms with van der Waals surface area (Å²) in [4.78, 5) is 4.49. The Morgan fingerprint density at radius 3 is 2.58 bits per heavy atom. The van der Waals surface area contributed by atoms with Crippen LogP contribution in [-0.2, 0) is 7.05 Å². The number of nitrogen functional groups attached to an aromatic ring is 1. The van der Waals surface area contributed by atoms with Gasteiger partial charge >= 0.3 is 0 Å². The summed E-state index contributed by atoms with van der Waals surface area (Å²) in [6.07, 6.45) is 0. The molecule has 0 radical (unpaired) electrons. The van der Waals surface area contributed by atoms with Gasteiger partial charge in [0.15, 0.2) is 0 Å². The predicted octanol–water partition coefficient (Wildman–Crippen LogP) is 2.18. The molecule has 0 aliphatic heterocycles. The second-order valence-electron chi connectivity index (χ2n) is 4.53. The third kappa shape index (κ3) is 2.78. The highest BCUT2D eigenvalue weighted by atomic mass is 32.2. The summed E-state index contributed by atoms with van der Waals surface area (Å²) in [6, 6.07) is 4.05. The monoisotopic (exact) mass is 275 g/mol. The zero-order chi connectivity index (χ0) is 14.2. The third-order valence-corrected chi connectivity index (χ3v) is 3.79. The molecule has 2 aromatic rings. The van der Waals surface area contributed by atoms with E-state index in [-0.39, 0.29) is 5.84 Å². The number of amidine groups is 1. The minimum atomic E-state index is 0.0393. The first-order valence-electron chi connectivity index (χ1n) is 5.89. The van der Waals surface area contributed by atoms with Crippen LogP contribution in [0.5, 0.6) is 0 Å². The number of nitrogens with one attached hydrogen (secondary N) is 1. The highest BCUT2D eigenvalue weighted by Gasteiger charge is 2.17. The first-order valence-corrected chi connectivity index (χ1v) is 6.71. The van der Waals surface area contributed by atoms with Crippen molar-refractivity contribution >= 4 is 17.6 Å². The average Bonchev–Trinajstić information content (AvgIpc) is 2.52. The van der Waals surface area contributed by atoms with Crippen molar-refractivity contribution in [2.45, 2.75) is 30.8 Å². The standard InChI is InChI=1S/C13H17N5S/c1-7-5-8(2)16-10(6-7)19-13-11(12(14)15)9(3)17-18(13)4/h5-6H,1-4H3,(H3,14,15). The number of rotatable bonds is 3. The van der Waals surface area contributed by atoms with Crippen molar-refractivity contribution in [3.8, 4) is 0 Å². The first-order chi connectivity index (χ1) is 8.88. The molecule has 19 heavy (non-hydrogen) atoms. The zero-order valence-corrected chi connectivity index (χ0v) is 12.3. The van der Waals surface area contributed by atoms with E-state index in [4.69, 9.17) is 11.1 Å². The highest BCUT2D eigenvalue weighted by Crippen LogP contribution is 2.30. The second-order valence-corrected chi connectivity index (χ2v) is 5.54. The fourth-order valence-corrected chi connectivity index (χ4v) is 3.18. The van der Waals surface area contributed by atoms with Gasteiger partial charge in [0.25, 0.3) is 0 Å². The number of pyridine rings is 1. The van der Waals surface area contributed by atoms with Crippen molar-refractivity contribution in [2.75, 3.05) is 0 Å². The summed E-state index contributed by atoms with van der Waals surface area (Å²) < 4.78 is 1.75. The minimum Gasteiger partial charge on any atom is -0.384 e. The molecular weight excluding hydrogens is 258 g/mol. The molecule has 0 aromatic carbocycles. The van der Waals surface area contributed by atoms with Gasteiger partial charge in [0.05, 0.1) is 11.3 Å². The van der Waals surface area contributed by atoms with Crippen LogP contribution < -0.4 is 5.73 Å². The summed E-state index contributed by atoms with van der Waals surface area (Å²) in [5.74, 6) is 0.0393. The van der Waals surface area contributed by atoms with Crippen molar-refractivity contribution in [1.82, 2.24) is 14.8 Å². The second kappa shape index (κ2) is 5.05. The van der Waals surface area contributed by atoms with E-state index >= 15 is 0 Å². The molecule has 0 amide bonds. The molecule has 0 saturated heterocycles. The lowest BCUT2D eigenvalue weighted by Crippen LogP contribution is -2.13. The molecule has 0 fully saturated rings. The summed E-state index contributed by atoms with van der Waals surface area (Å²) in [5, 5.41) is 13.7. The number of hydrogen-bond acceptors (Lipinski definition) is 4. The van der Waals surface area contributed by atoms with Crippen LogP contribution in [0.3, 0.4) is 0 Å². The fourth-order valence-electron chi connectivity index (χ4n) is 2.02. The molecule has 0 unspecified atom stereocenters. The van der Waals surface area contributed by atoms with E-state index in [1.165, 1.54) is 17.3 Å². The fraction of sp³-hybridized carbons (Fsp3) is 0.308. The Hall–Kier alpha value is -1.82. The predicted molar refractivity (Wildman–Crippen MR) is 76.8 cm³/mol. The largest absolute Gasteiger partial charge is 0.384 e. The molecule has 0 aliphatic rings. The summed E-state index contributed by atoms with van der Waals surface area (Å²) in [5.41, 5.74) is 9.24. The molecule has 2 aromatic heterocycles. The summed E-state index contributed by atoms with van der Waals surface area (Å²) >= 11 is 1.49. The van der Waals surface area contributed by atoms with Gasteiger partial charge in [-0.1, -0.05) is 0 Å². The summed E-state index contributed by atoms with van der Waals surface area (Å²) in [7, 11) is 1.85. The van der Waals surface area contributed by atoms with Crippen molar-refractivity contribution < 1.29 is 0 Å². The van der Waals surface area contributed by atoms with E-state index in [1.807, 2.05) is 40.0 Å². The zero-order valence-electron chi connectivity index (χ0n) is 11.5. The van der Waals surface area contributed by atoms with Gasteiger partial charge in [0.2, 0.25) is 0 Å². The van der Waals surface area contributed by atoms with Gasteiger partial charge in [0, 0.05) is 12.7 Å². The van der Waals surface area contributed by atoms with E-state index < -0.39 is 0 Å². The molecule has 0 aliphatic carbocycles. The maximum absolute atomic E-state index is 7.67. The smallest absolute Gasteiger partial charge is 0.127 e. The van der Waals surface area contributed by atoms with E-state index in [1.54, 1.807) is 4.68 Å². The maximum atomic E-state index is 7.67. The molecule has 0 spiro atoms. The van der Waals surface area contributed by atoms with Crippen molar-refractivity contribution in [2.24, 2.45) is 12.8 Å². The van der Waals surface area contributed by atoms with Crippen molar-refractivity contribution in [1.29, 1.82) is 5.41 Å². The Bertz CT molecular complexity index is 624. The highest BCUT2D eigenvalue weighted by molar-refractivity contribution is 7.99. The van der Waals surface area contributed by atoms with Gasteiger partial charge in [-0.15, -0.1) is 0 Å². The molecular formula is C13H17N5S. The number of aromatic nitrogens is 3. The van der Waals surface area contributed by atoms with Gasteiger partial charge in [-0.2, -0.15) is 5.10 Å². The first kappa shape index (κ1) is 13.6. The van der Waals surface area contributed by atoms with Gasteiger partial charge in [-0.05, 0) is 50.2 Å². The molecule has 5 nitrogen and oxygen atoms in total. The van der Waals surface area contributed by atoms with Crippen molar-refractivity contribution in [3.63, 3.8) is 0 Å². The van der Waals surface area contributed by atoms with E-state index in [0.29, 0.717) is 5.56 Å². The maximum Gasteiger partial charge on any atom is 0.127 e. The van der Waals surface area contributed by atoms with Crippen LogP contribution in [0, 0.1) is 26.2 Å². The van der Waals surface area contributed by atoms with Crippen LogP contribution in [0.25, 0.3) is 0 Å². The molecule has 0 bridgehead atoms. The lowest BCUT2D eigenvalue weighted by molar-refractivity contribution is 0.691. The lowest BCUT2D eigenvalue weighted by Gasteiger charge is -2.06. The lowest BCUT2D eigenvalue weighted by atomic mass is 10.2. The quantitative estimate of drug-likeness (QED) is 0.664. The Morgan fingerprint density at radius 2 is 2.00 bits per heavy atom. The Kier molecular flexibility index (Phi) is 3.61. The van der Waals surface area contributed by atoms with Crippen LogP contribution >= 0.6 is 11.8 Å². The third-order valence-electron chi connectivity index (χ3n) is 2.71. The molecule has 100 valence electrons. The van der Waals surface area contributed by atoms with Gasteiger partial charge in [-0.3, -0.25) is 10.1 Å². The molecule has 0 atom stereocenters. The van der Waals surface area contributed by atoms with Gasteiger partial charge in [-0.25, -0.2) is 4.98 Å². The van der Waals surface area contributed by atoms with Crippen LogP contribution in [0.2, 0.25) is 0 Å². The topological polar surface area (TPSA) is 80.6 Å². The SMILES string of the molecule is Cc1cc(C)nc(Sc2c(C(=N)N)c(C)nn2C)c1. The van der Waals surface area contributed by atoms with Crippen LogP contribution in [0.1, 0.15) is 22.5 Å². The van der Waals surface area contributed by atoms with Gasteiger partial charge in [0.1, 0.15) is 15.9 Å². The Balaban J connectivity index is 2.46. The van der Waals surface area contributed by atoms with Gasteiger partial charge < -0.3 is 5.73 Å². The van der Waals surface area contributed by atoms with E-state index in [2.05, 4.69) is 10.1 Å². The van der Waals surface area contributed by atoms with Crippen LogP contribution in [0.15, 0.2) is 22.2 Å². The van der Waals surface area contributed by atoms with Crippen molar-refractivity contribution in [3.05, 3.63) is 34.6 Å². The number of nitrogens with two attached hydrogens (primary N) is 1. The number of nitrogens with zero attached hydrogens (tertiary/aromatic N) is 3. The normalized spacial score (nSPS) is 10.7. The Morgan fingerprint density at radius 1 is 1.32 bits per heavy atom. The number of aryl methyl sites for hydroxylation is 4. The van der Waals surface area contributed by atoms with Crippen LogP contribution in [-0.4, -0.2) is 20.6 Å². The molecule has 0 saturated carbocycles. The molecule has 2 heterocycles.